The molecule has 1 aliphatic carbocycles. The van der Waals surface area contributed by atoms with Crippen LogP contribution in [0.15, 0.2) is 16.7 Å². The molecule has 7 heteroatoms. The van der Waals surface area contributed by atoms with Gasteiger partial charge in [0, 0.05) is 35.9 Å². The summed E-state index contributed by atoms with van der Waals surface area (Å²) in [6.07, 6.45) is 3.79. The maximum Gasteiger partial charge on any atom is 0.312 e. The molecule has 2 fully saturated rings. The van der Waals surface area contributed by atoms with Crippen molar-refractivity contribution in [1.82, 2.24) is 4.98 Å². The highest BCUT2D eigenvalue weighted by atomic mass is 79.9. The van der Waals surface area contributed by atoms with Crippen molar-refractivity contribution in [2.24, 2.45) is 17.6 Å². The molecule has 102 valence electrons. The minimum Gasteiger partial charge on any atom is -0.350 e. The predicted molar refractivity (Wildman–Crippen MR) is 75.0 cm³/mol. The van der Waals surface area contributed by atoms with Crippen LogP contribution in [-0.4, -0.2) is 29.0 Å². The van der Waals surface area contributed by atoms with Gasteiger partial charge < -0.3 is 10.6 Å². The van der Waals surface area contributed by atoms with E-state index >= 15 is 0 Å². The summed E-state index contributed by atoms with van der Waals surface area (Å²) in [5.74, 6) is 1.47. The van der Waals surface area contributed by atoms with Crippen LogP contribution >= 0.6 is 15.9 Å². The summed E-state index contributed by atoms with van der Waals surface area (Å²) in [7, 11) is 0. The van der Waals surface area contributed by atoms with Crippen molar-refractivity contribution in [2.45, 2.75) is 18.9 Å². The number of aromatic nitrogens is 1. The van der Waals surface area contributed by atoms with E-state index in [4.69, 9.17) is 5.73 Å². The van der Waals surface area contributed by atoms with Gasteiger partial charge in [0.2, 0.25) is 5.82 Å². The lowest BCUT2D eigenvalue weighted by Crippen LogP contribution is -2.30. The number of halogens is 1. The molecule has 1 saturated heterocycles. The Kier molecular flexibility index (Phi) is 3.18. The van der Waals surface area contributed by atoms with Crippen molar-refractivity contribution in [3.63, 3.8) is 0 Å². The third kappa shape index (κ3) is 2.21. The molecule has 0 spiro atoms. The molecule has 0 radical (unpaired) electrons. The SMILES string of the molecule is NC1CCC2CN(c3ncc(Br)cc3[N+](=O)[O-])CC12. The first-order valence-corrected chi connectivity index (χ1v) is 7.16. The van der Waals surface area contributed by atoms with Crippen LogP contribution < -0.4 is 10.6 Å². The fourth-order valence-electron chi connectivity index (χ4n) is 3.28. The van der Waals surface area contributed by atoms with Gasteiger partial charge in [-0.2, -0.15) is 0 Å². The molecule has 2 heterocycles. The zero-order valence-corrected chi connectivity index (χ0v) is 11.9. The van der Waals surface area contributed by atoms with E-state index in [1.54, 1.807) is 6.20 Å². The number of pyridine rings is 1. The van der Waals surface area contributed by atoms with Crippen LogP contribution in [0.5, 0.6) is 0 Å². The van der Waals surface area contributed by atoms with Gasteiger partial charge in [-0.3, -0.25) is 10.1 Å². The van der Waals surface area contributed by atoms with Gasteiger partial charge in [-0.15, -0.1) is 0 Å². The van der Waals surface area contributed by atoms with Crippen molar-refractivity contribution >= 4 is 27.4 Å². The first kappa shape index (κ1) is 12.8. The topological polar surface area (TPSA) is 85.3 Å². The maximum absolute atomic E-state index is 11.1. The highest BCUT2D eigenvalue weighted by molar-refractivity contribution is 9.10. The molecule has 1 saturated carbocycles. The molecule has 3 rings (SSSR count). The molecular formula is C12H15BrN4O2. The molecular weight excluding hydrogens is 312 g/mol. The van der Waals surface area contributed by atoms with E-state index in [2.05, 4.69) is 20.9 Å². The van der Waals surface area contributed by atoms with E-state index in [9.17, 15) is 10.1 Å². The highest BCUT2D eigenvalue weighted by Gasteiger charge is 2.42. The number of fused-ring (bicyclic) bond motifs is 1. The molecule has 0 amide bonds. The Morgan fingerprint density at radius 1 is 1.47 bits per heavy atom. The van der Waals surface area contributed by atoms with Gasteiger partial charge in [-0.25, -0.2) is 4.98 Å². The number of rotatable bonds is 2. The molecule has 3 atom stereocenters. The number of hydrogen-bond acceptors (Lipinski definition) is 5. The van der Waals surface area contributed by atoms with Crippen molar-refractivity contribution < 1.29 is 4.92 Å². The third-order valence-electron chi connectivity index (χ3n) is 4.22. The van der Waals surface area contributed by atoms with Crippen molar-refractivity contribution in [2.75, 3.05) is 18.0 Å². The van der Waals surface area contributed by atoms with E-state index in [0.717, 1.165) is 25.9 Å². The lowest BCUT2D eigenvalue weighted by Gasteiger charge is -2.19. The quantitative estimate of drug-likeness (QED) is 0.663. The molecule has 2 N–H and O–H groups in total. The standard InChI is InChI=1S/C12H15BrN4O2/c13-8-3-11(17(18)19)12(15-4-8)16-5-7-1-2-10(14)9(7)6-16/h3-4,7,9-10H,1-2,5-6,14H2. The van der Waals surface area contributed by atoms with E-state index in [0.29, 0.717) is 22.1 Å². The van der Waals surface area contributed by atoms with Crippen LogP contribution in [0.25, 0.3) is 0 Å². The predicted octanol–water partition coefficient (Wildman–Crippen LogP) is 1.93. The van der Waals surface area contributed by atoms with Crippen LogP contribution in [0.4, 0.5) is 11.5 Å². The van der Waals surface area contributed by atoms with Crippen LogP contribution in [-0.2, 0) is 0 Å². The van der Waals surface area contributed by atoms with Gasteiger partial charge in [0.1, 0.15) is 0 Å². The summed E-state index contributed by atoms with van der Waals surface area (Å²) in [4.78, 5) is 17.0. The van der Waals surface area contributed by atoms with Crippen molar-refractivity contribution in [3.05, 3.63) is 26.9 Å². The van der Waals surface area contributed by atoms with Crippen LogP contribution in [0.1, 0.15) is 12.8 Å². The van der Waals surface area contributed by atoms with Gasteiger partial charge in [0.25, 0.3) is 0 Å². The Morgan fingerprint density at radius 3 is 2.95 bits per heavy atom. The number of anilines is 1. The number of nitrogens with two attached hydrogens (primary N) is 1. The molecule has 1 aromatic heterocycles. The lowest BCUT2D eigenvalue weighted by molar-refractivity contribution is -0.384. The summed E-state index contributed by atoms with van der Waals surface area (Å²) in [6.45, 7) is 1.61. The summed E-state index contributed by atoms with van der Waals surface area (Å²) >= 11 is 3.23. The second-order valence-electron chi connectivity index (χ2n) is 5.32. The summed E-state index contributed by atoms with van der Waals surface area (Å²) in [5, 5.41) is 11.1. The maximum atomic E-state index is 11.1. The zero-order valence-electron chi connectivity index (χ0n) is 10.3. The van der Waals surface area contributed by atoms with Gasteiger partial charge in [0.15, 0.2) is 0 Å². The molecule has 2 aliphatic rings. The van der Waals surface area contributed by atoms with E-state index in [1.165, 1.54) is 6.07 Å². The van der Waals surface area contributed by atoms with E-state index in [-0.39, 0.29) is 16.7 Å². The Morgan fingerprint density at radius 2 is 2.26 bits per heavy atom. The van der Waals surface area contributed by atoms with Crippen molar-refractivity contribution in [3.8, 4) is 0 Å². The second-order valence-corrected chi connectivity index (χ2v) is 6.24. The fourth-order valence-corrected chi connectivity index (χ4v) is 3.60. The zero-order chi connectivity index (χ0) is 13.6. The lowest BCUT2D eigenvalue weighted by atomic mass is 9.98. The molecule has 0 bridgehead atoms. The van der Waals surface area contributed by atoms with Crippen molar-refractivity contribution in [1.29, 1.82) is 0 Å². The van der Waals surface area contributed by atoms with E-state index in [1.807, 2.05) is 4.90 Å². The molecule has 6 nitrogen and oxygen atoms in total. The summed E-state index contributed by atoms with van der Waals surface area (Å²) in [5.41, 5.74) is 6.15. The first-order valence-electron chi connectivity index (χ1n) is 6.36. The largest absolute Gasteiger partial charge is 0.350 e. The fraction of sp³-hybridized carbons (Fsp3) is 0.583. The van der Waals surface area contributed by atoms with Crippen LogP contribution in [0.3, 0.4) is 0 Å². The third-order valence-corrected chi connectivity index (χ3v) is 4.66. The number of nitrogens with zero attached hydrogens (tertiary/aromatic N) is 3. The normalized spacial score (nSPS) is 29.6. The molecule has 3 unspecified atom stereocenters. The monoisotopic (exact) mass is 326 g/mol. The summed E-state index contributed by atoms with van der Waals surface area (Å²) < 4.78 is 0.624. The Labute approximate surface area is 119 Å². The van der Waals surface area contributed by atoms with E-state index < -0.39 is 0 Å². The minimum atomic E-state index is -0.374. The van der Waals surface area contributed by atoms with Crippen LogP contribution in [0.2, 0.25) is 0 Å². The van der Waals surface area contributed by atoms with Crippen LogP contribution in [0, 0.1) is 22.0 Å². The van der Waals surface area contributed by atoms with Gasteiger partial charge in [-0.05, 0) is 40.6 Å². The molecule has 1 aromatic rings. The number of nitro groups is 1. The molecule has 0 aromatic carbocycles. The first-order chi connectivity index (χ1) is 9.06. The Hall–Kier alpha value is -1.21. The minimum absolute atomic E-state index is 0.0583. The Bertz CT molecular complexity index is 524. The van der Waals surface area contributed by atoms with Gasteiger partial charge in [0.05, 0.1) is 4.92 Å². The highest BCUT2D eigenvalue weighted by Crippen LogP contribution is 2.40. The number of hydrogen-bond donors (Lipinski definition) is 1. The average Bonchev–Trinajstić information content (AvgIpc) is 2.92. The second kappa shape index (κ2) is 4.72. The smallest absolute Gasteiger partial charge is 0.312 e. The molecule has 1 aliphatic heterocycles. The Balaban J connectivity index is 1.90. The van der Waals surface area contributed by atoms with Gasteiger partial charge >= 0.3 is 5.69 Å². The van der Waals surface area contributed by atoms with Gasteiger partial charge in [-0.1, -0.05) is 0 Å². The average molecular weight is 327 g/mol. The molecule has 19 heavy (non-hydrogen) atoms. The summed E-state index contributed by atoms with van der Waals surface area (Å²) in [6, 6.07) is 1.74.